The smallest absolute Gasteiger partial charge is 0.410 e. The highest BCUT2D eigenvalue weighted by Crippen LogP contribution is 2.40. The van der Waals surface area contributed by atoms with Crippen LogP contribution in [0.4, 0.5) is 4.79 Å². The molecule has 0 saturated carbocycles. The van der Waals surface area contributed by atoms with Crippen LogP contribution < -0.4 is 15.4 Å². The molecular weight excluding hydrogens is 562 g/mol. The fourth-order valence-corrected chi connectivity index (χ4v) is 6.01. The summed E-state index contributed by atoms with van der Waals surface area (Å²) < 4.78 is 4.76. The zero-order valence-electron chi connectivity index (χ0n) is 23.2. The van der Waals surface area contributed by atoms with Gasteiger partial charge in [0.15, 0.2) is 6.10 Å². The van der Waals surface area contributed by atoms with Crippen LogP contribution in [0.25, 0.3) is 0 Å². The van der Waals surface area contributed by atoms with E-state index in [1.165, 1.54) is 16.7 Å². The van der Waals surface area contributed by atoms with Crippen molar-refractivity contribution in [1.29, 1.82) is 0 Å². The highest BCUT2D eigenvalue weighted by Gasteiger charge is 2.49. The van der Waals surface area contributed by atoms with Gasteiger partial charge in [0.1, 0.15) is 11.8 Å². The van der Waals surface area contributed by atoms with Gasteiger partial charge in [-0.25, -0.2) is 4.79 Å². The first-order valence-electron chi connectivity index (χ1n) is 13.3. The molecule has 216 valence electrons. The lowest BCUT2D eigenvalue weighted by Gasteiger charge is -2.33. The first-order chi connectivity index (χ1) is 19.5. The third-order valence-electron chi connectivity index (χ3n) is 7.05. The van der Waals surface area contributed by atoms with Crippen molar-refractivity contribution in [3.8, 4) is 5.75 Å². The molecule has 4 rings (SSSR count). The van der Waals surface area contributed by atoms with Gasteiger partial charge in [-0.15, -0.1) is 11.8 Å². The van der Waals surface area contributed by atoms with E-state index in [2.05, 4.69) is 10.6 Å². The van der Waals surface area contributed by atoms with E-state index >= 15 is 0 Å². The molecule has 3 N–H and O–H groups in total. The Labute approximate surface area is 249 Å². The minimum Gasteiger partial charge on any atom is -0.410 e. The molecule has 1 aliphatic heterocycles. The quantitative estimate of drug-likeness (QED) is 0.331. The van der Waals surface area contributed by atoms with Crippen molar-refractivity contribution in [1.82, 2.24) is 15.5 Å². The van der Waals surface area contributed by atoms with Crippen molar-refractivity contribution in [2.45, 2.75) is 56.7 Å². The minimum atomic E-state index is -1.63. The molecular formula is C31H34ClN3O5S. The van der Waals surface area contributed by atoms with Gasteiger partial charge in [-0.3, -0.25) is 9.59 Å². The van der Waals surface area contributed by atoms with Gasteiger partial charge in [0, 0.05) is 16.3 Å². The average Bonchev–Trinajstić information content (AvgIpc) is 3.27. The van der Waals surface area contributed by atoms with Gasteiger partial charge >= 0.3 is 6.09 Å². The predicted molar refractivity (Wildman–Crippen MR) is 161 cm³/mol. The molecule has 0 radical (unpaired) electrons. The molecule has 1 saturated heterocycles. The van der Waals surface area contributed by atoms with Crippen molar-refractivity contribution in [2.24, 2.45) is 0 Å². The largest absolute Gasteiger partial charge is 0.412 e. The molecule has 3 aromatic rings. The predicted octanol–water partition coefficient (Wildman–Crippen LogP) is 4.71. The van der Waals surface area contributed by atoms with Crippen molar-refractivity contribution in [3.63, 3.8) is 0 Å². The summed E-state index contributed by atoms with van der Waals surface area (Å²) in [4.78, 5) is 41.4. The zero-order valence-corrected chi connectivity index (χ0v) is 24.7. The Balaban J connectivity index is 1.50. The summed E-state index contributed by atoms with van der Waals surface area (Å²) in [6.07, 6.45) is -2.30. The molecule has 0 unspecified atom stereocenters. The number of carbonyl (C=O) groups excluding carboxylic acids is 3. The molecule has 1 heterocycles. The van der Waals surface area contributed by atoms with E-state index in [4.69, 9.17) is 16.3 Å². The average molecular weight is 596 g/mol. The Morgan fingerprint density at radius 1 is 1.05 bits per heavy atom. The van der Waals surface area contributed by atoms with Gasteiger partial charge in [0.2, 0.25) is 5.91 Å². The number of rotatable bonds is 9. The second-order valence-electron chi connectivity index (χ2n) is 10.5. The van der Waals surface area contributed by atoms with Crippen molar-refractivity contribution in [2.75, 3.05) is 5.88 Å². The topological polar surface area (TPSA) is 108 Å². The van der Waals surface area contributed by atoms with Crippen LogP contribution in [-0.4, -0.2) is 56.7 Å². The molecule has 3 atom stereocenters. The molecule has 0 spiro atoms. The van der Waals surface area contributed by atoms with E-state index in [1.807, 2.05) is 75.4 Å². The van der Waals surface area contributed by atoms with Crippen LogP contribution in [-0.2, 0) is 22.6 Å². The molecule has 1 aliphatic rings. The molecule has 8 nitrogen and oxygen atoms in total. The molecule has 10 heteroatoms. The van der Waals surface area contributed by atoms with E-state index in [0.29, 0.717) is 11.6 Å². The van der Waals surface area contributed by atoms with E-state index in [0.717, 1.165) is 16.7 Å². The summed E-state index contributed by atoms with van der Waals surface area (Å²) in [5, 5.41) is 17.5. The fourth-order valence-electron chi connectivity index (χ4n) is 4.74. The lowest BCUT2D eigenvalue weighted by molar-refractivity contribution is -0.147. The molecule has 0 bridgehead atoms. The number of aliphatic hydroxyl groups excluding tert-OH is 1. The molecule has 1 fully saturated rings. The second kappa shape index (κ2) is 13.4. The molecule has 0 aliphatic carbocycles. The van der Waals surface area contributed by atoms with Crippen LogP contribution in [0.2, 0.25) is 5.02 Å². The summed E-state index contributed by atoms with van der Waals surface area (Å²) in [6, 6.07) is 21.4. The van der Waals surface area contributed by atoms with E-state index in [-0.39, 0.29) is 24.0 Å². The summed E-state index contributed by atoms with van der Waals surface area (Å²) in [5.41, 5.74) is 2.84. The maximum absolute atomic E-state index is 13.8. The summed E-state index contributed by atoms with van der Waals surface area (Å²) in [5.74, 6) is -0.474. The number of nitrogens with one attached hydrogen (secondary N) is 2. The lowest BCUT2D eigenvalue weighted by Crippen LogP contribution is -2.58. The van der Waals surface area contributed by atoms with Crippen LogP contribution in [0.3, 0.4) is 0 Å². The number of hydrogen-bond acceptors (Lipinski definition) is 6. The SMILES string of the molecule is Cc1ccccc1CNC(=O)[C@H]1N(C(=O)[C@@H](O)[C@H](Cc2ccccc2)NC(=O)Oc2ccc(Cl)cc2)CSC1(C)C. The highest BCUT2D eigenvalue weighted by molar-refractivity contribution is 8.00. The number of halogens is 1. The maximum atomic E-state index is 13.8. The van der Waals surface area contributed by atoms with Crippen LogP contribution in [0, 0.1) is 6.92 Å². The Morgan fingerprint density at radius 2 is 1.71 bits per heavy atom. The molecule has 3 amide bonds. The standard InChI is InChI=1S/C31H34ClN3O5S/c1-20-9-7-8-12-22(20)18-33-28(37)27-31(2,3)41-19-35(27)29(38)26(36)25(17-21-10-5-4-6-11-21)34-30(39)40-24-15-13-23(32)14-16-24/h4-16,25-27,36H,17-19H2,1-3H3,(H,33,37)(H,34,39)/t25-,26-,27+/m0/s1. The maximum Gasteiger partial charge on any atom is 0.412 e. The third-order valence-corrected chi connectivity index (χ3v) is 8.68. The number of aryl methyl sites for hydroxylation is 1. The van der Waals surface area contributed by atoms with Gasteiger partial charge in [-0.1, -0.05) is 66.2 Å². The number of carbonyl (C=O) groups is 3. The normalized spacial score (nSPS) is 17.4. The van der Waals surface area contributed by atoms with Crippen LogP contribution in [0.1, 0.15) is 30.5 Å². The summed E-state index contributed by atoms with van der Waals surface area (Å²) >= 11 is 7.37. The van der Waals surface area contributed by atoms with E-state index in [1.54, 1.807) is 24.3 Å². The first kappa shape index (κ1) is 30.4. The van der Waals surface area contributed by atoms with Gasteiger partial charge in [0.25, 0.3) is 5.91 Å². The Hall–Kier alpha value is -3.53. The summed E-state index contributed by atoms with van der Waals surface area (Å²) in [6.45, 7) is 6.10. The van der Waals surface area contributed by atoms with Gasteiger partial charge in [0.05, 0.1) is 11.9 Å². The first-order valence-corrected chi connectivity index (χ1v) is 14.6. The van der Waals surface area contributed by atoms with E-state index in [9.17, 15) is 19.5 Å². The number of hydrogen-bond donors (Lipinski definition) is 3. The molecule has 41 heavy (non-hydrogen) atoms. The summed E-state index contributed by atoms with van der Waals surface area (Å²) in [7, 11) is 0. The minimum absolute atomic E-state index is 0.165. The van der Waals surface area contributed by atoms with Crippen LogP contribution >= 0.6 is 23.4 Å². The Morgan fingerprint density at radius 3 is 2.39 bits per heavy atom. The highest BCUT2D eigenvalue weighted by atomic mass is 35.5. The van der Waals surface area contributed by atoms with Crippen LogP contribution in [0.5, 0.6) is 5.75 Å². The number of thioether (sulfide) groups is 1. The monoisotopic (exact) mass is 595 g/mol. The van der Waals surface area contributed by atoms with Crippen molar-refractivity contribution < 1.29 is 24.2 Å². The number of amides is 3. The van der Waals surface area contributed by atoms with Gasteiger partial charge in [-0.05, 0) is 68.1 Å². The van der Waals surface area contributed by atoms with Crippen molar-refractivity contribution in [3.05, 3.63) is 101 Å². The lowest BCUT2D eigenvalue weighted by atomic mass is 9.97. The van der Waals surface area contributed by atoms with Crippen molar-refractivity contribution >= 4 is 41.3 Å². The zero-order chi connectivity index (χ0) is 29.6. The fraction of sp³-hybridized carbons (Fsp3) is 0.323. The third kappa shape index (κ3) is 7.81. The Bertz CT molecular complexity index is 1370. The second-order valence-corrected chi connectivity index (χ2v) is 12.5. The van der Waals surface area contributed by atoms with Gasteiger partial charge in [-0.2, -0.15) is 0 Å². The number of benzene rings is 3. The molecule has 3 aromatic carbocycles. The Kier molecular flexibility index (Phi) is 9.96. The number of ether oxygens (including phenoxy) is 1. The van der Waals surface area contributed by atoms with E-state index < -0.39 is 34.9 Å². The van der Waals surface area contributed by atoms with Gasteiger partial charge < -0.3 is 25.4 Å². The van der Waals surface area contributed by atoms with Crippen LogP contribution in [0.15, 0.2) is 78.9 Å². The number of aliphatic hydroxyl groups is 1. The molecule has 0 aromatic heterocycles. The number of nitrogens with zero attached hydrogens (tertiary/aromatic N) is 1.